The predicted molar refractivity (Wildman–Crippen MR) is 70.7 cm³/mol. The molecule has 0 heterocycles. The van der Waals surface area contributed by atoms with Crippen molar-refractivity contribution < 1.29 is 13.2 Å². The Balaban J connectivity index is 2.98. The van der Waals surface area contributed by atoms with Crippen molar-refractivity contribution in [3.63, 3.8) is 0 Å². The van der Waals surface area contributed by atoms with Gasteiger partial charge in [-0.05, 0) is 31.0 Å². The van der Waals surface area contributed by atoms with E-state index in [1.807, 2.05) is 0 Å². The van der Waals surface area contributed by atoms with Crippen LogP contribution in [-0.2, 0) is 21.3 Å². The van der Waals surface area contributed by atoms with E-state index in [1.165, 1.54) is 7.11 Å². The van der Waals surface area contributed by atoms with Crippen LogP contribution in [0.25, 0.3) is 0 Å². The Hall–Kier alpha value is -0.950. The Morgan fingerprint density at radius 2 is 2.11 bits per heavy atom. The third kappa shape index (κ3) is 3.78. The van der Waals surface area contributed by atoms with Crippen molar-refractivity contribution in [2.24, 2.45) is 5.73 Å². The molecule has 1 aromatic carbocycles. The molecule has 0 aliphatic heterocycles. The van der Waals surface area contributed by atoms with Crippen molar-refractivity contribution in [2.75, 3.05) is 13.7 Å². The van der Waals surface area contributed by atoms with Crippen LogP contribution < -0.4 is 10.5 Å². The molecule has 0 saturated heterocycles. The van der Waals surface area contributed by atoms with Crippen molar-refractivity contribution in [2.45, 2.75) is 31.3 Å². The topological polar surface area (TPSA) is 81.4 Å². The monoisotopic (exact) mass is 272 g/mol. The van der Waals surface area contributed by atoms with E-state index >= 15 is 0 Å². The highest BCUT2D eigenvalue weighted by Gasteiger charge is 2.19. The zero-order chi connectivity index (χ0) is 13.8. The zero-order valence-electron chi connectivity index (χ0n) is 10.9. The number of ether oxygens (including phenoxy) is 1. The molecule has 0 aliphatic carbocycles. The summed E-state index contributed by atoms with van der Waals surface area (Å²) >= 11 is 0. The third-order valence-corrected chi connectivity index (χ3v) is 4.29. The summed E-state index contributed by atoms with van der Waals surface area (Å²) in [5.41, 5.74) is 7.12. The van der Waals surface area contributed by atoms with Gasteiger partial charge in [-0.25, -0.2) is 13.1 Å². The summed E-state index contributed by atoms with van der Waals surface area (Å²) < 4.78 is 31.8. The molecule has 0 saturated carbocycles. The SMILES string of the molecule is COCC(C)NS(=O)(=O)c1ccc(CN)cc1C. The number of rotatable bonds is 6. The second-order valence-corrected chi connectivity index (χ2v) is 5.96. The van der Waals surface area contributed by atoms with Crippen LogP contribution >= 0.6 is 0 Å². The summed E-state index contributed by atoms with van der Waals surface area (Å²) in [6, 6.07) is 4.82. The Kier molecular flexibility index (Phi) is 5.28. The fourth-order valence-corrected chi connectivity index (χ4v) is 3.21. The Labute approximate surface area is 108 Å². The van der Waals surface area contributed by atoms with Gasteiger partial charge in [-0.2, -0.15) is 0 Å². The third-order valence-electron chi connectivity index (χ3n) is 2.54. The first-order valence-electron chi connectivity index (χ1n) is 5.71. The van der Waals surface area contributed by atoms with E-state index in [-0.39, 0.29) is 10.9 Å². The van der Waals surface area contributed by atoms with Gasteiger partial charge in [0.05, 0.1) is 11.5 Å². The average Bonchev–Trinajstić information content (AvgIpc) is 2.27. The predicted octanol–water partition coefficient (Wildman–Crippen LogP) is 0.767. The van der Waals surface area contributed by atoms with Crippen LogP contribution in [0.4, 0.5) is 0 Å². The molecule has 0 spiro atoms. The maximum Gasteiger partial charge on any atom is 0.241 e. The summed E-state index contributed by atoms with van der Waals surface area (Å²) in [5.74, 6) is 0. The quantitative estimate of drug-likeness (QED) is 0.801. The molecule has 0 amide bonds. The first-order valence-corrected chi connectivity index (χ1v) is 7.20. The van der Waals surface area contributed by atoms with Crippen LogP contribution in [0.3, 0.4) is 0 Å². The molecule has 1 unspecified atom stereocenters. The highest BCUT2D eigenvalue weighted by Crippen LogP contribution is 2.16. The van der Waals surface area contributed by atoms with Crippen molar-refractivity contribution in [3.8, 4) is 0 Å². The molecule has 1 rings (SSSR count). The number of sulfonamides is 1. The van der Waals surface area contributed by atoms with Gasteiger partial charge in [-0.3, -0.25) is 0 Å². The van der Waals surface area contributed by atoms with Crippen molar-refractivity contribution in [3.05, 3.63) is 29.3 Å². The molecule has 0 bridgehead atoms. The fourth-order valence-electron chi connectivity index (χ4n) is 1.75. The van der Waals surface area contributed by atoms with Gasteiger partial charge in [0.25, 0.3) is 0 Å². The lowest BCUT2D eigenvalue weighted by Gasteiger charge is -2.15. The van der Waals surface area contributed by atoms with E-state index in [2.05, 4.69) is 4.72 Å². The van der Waals surface area contributed by atoms with Crippen molar-refractivity contribution in [1.82, 2.24) is 4.72 Å². The number of methoxy groups -OCH3 is 1. The lowest BCUT2D eigenvalue weighted by atomic mass is 10.1. The first kappa shape index (κ1) is 15.1. The van der Waals surface area contributed by atoms with E-state index in [1.54, 1.807) is 32.0 Å². The first-order chi connectivity index (χ1) is 8.40. The van der Waals surface area contributed by atoms with Crippen LogP contribution in [0.5, 0.6) is 0 Å². The smallest absolute Gasteiger partial charge is 0.241 e. The summed E-state index contributed by atoms with van der Waals surface area (Å²) in [5, 5.41) is 0. The highest BCUT2D eigenvalue weighted by molar-refractivity contribution is 7.89. The molecule has 6 heteroatoms. The zero-order valence-corrected chi connectivity index (χ0v) is 11.8. The standard InChI is InChI=1S/C12H20N2O3S/c1-9-6-11(7-13)4-5-12(9)18(15,16)14-10(2)8-17-3/h4-6,10,14H,7-8,13H2,1-3H3. The van der Waals surface area contributed by atoms with E-state index in [4.69, 9.17) is 10.5 Å². The van der Waals surface area contributed by atoms with Crippen LogP contribution in [0.1, 0.15) is 18.1 Å². The maximum absolute atomic E-state index is 12.1. The summed E-state index contributed by atoms with van der Waals surface area (Å²) in [6.45, 7) is 4.24. The molecule has 5 nitrogen and oxygen atoms in total. The van der Waals surface area contributed by atoms with Gasteiger partial charge in [0, 0.05) is 19.7 Å². The minimum absolute atomic E-state index is 0.270. The molecule has 0 aromatic heterocycles. The van der Waals surface area contributed by atoms with E-state index in [0.717, 1.165) is 5.56 Å². The molecule has 102 valence electrons. The van der Waals surface area contributed by atoms with Gasteiger partial charge in [0.15, 0.2) is 0 Å². The molecule has 18 heavy (non-hydrogen) atoms. The number of nitrogens with two attached hydrogens (primary N) is 1. The van der Waals surface area contributed by atoms with Gasteiger partial charge in [0.2, 0.25) is 10.0 Å². The van der Waals surface area contributed by atoms with Gasteiger partial charge in [-0.15, -0.1) is 0 Å². The molecule has 1 aromatic rings. The lowest BCUT2D eigenvalue weighted by molar-refractivity contribution is 0.180. The van der Waals surface area contributed by atoms with Crippen LogP contribution in [0.2, 0.25) is 0 Å². The highest BCUT2D eigenvalue weighted by atomic mass is 32.2. The largest absolute Gasteiger partial charge is 0.383 e. The molecular formula is C12H20N2O3S. The van der Waals surface area contributed by atoms with Gasteiger partial charge in [-0.1, -0.05) is 12.1 Å². The number of nitrogens with one attached hydrogen (secondary N) is 1. The van der Waals surface area contributed by atoms with Crippen molar-refractivity contribution in [1.29, 1.82) is 0 Å². The van der Waals surface area contributed by atoms with Crippen LogP contribution in [-0.4, -0.2) is 28.2 Å². The van der Waals surface area contributed by atoms with Crippen molar-refractivity contribution >= 4 is 10.0 Å². The normalized spacial score (nSPS) is 13.6. The number of hydrogen-bond acceptors (Lipinski definition) is 4. The van der Waals surface area contributed by atoms with E-state index < -0.39 is 10.0 Å². The van der Waals surface area contributed by atoms with Gasteiger partial charge < -0.3 is 10.5 Å². The lowest BCUT2D eigenvalue weighted by Crippen LogP contribution is -2.35. The van der Waals surface area contributed by atoms with Gasteiger partial charge >= 0.3 is 0 Å². The molecular weight excluding hydrogens is 252 g/mol. The van der Waals surface area contributed by atoms with Gasteiger partial charge in [0.1, 0.15) is 0 Å². The molecule has 0 radical (unpaired) electrons. The summed E-state index contributed by atoms with van der Waals surface area (Å²) in [6.07, 6.45) is 0. The number of aryl methyl sites for hydroxylation is 1. The minimum Gasteiger partial charge on any atom is -0.383 e. The van der Waals surface area contributed by atoms with E-state index in [0.29, 0.717) is 18.7 Å². The van der Waals surface area contributed by atoms with E-state index in [9.17, 15) is 8.42 Å². The second kappa shape index (κ2) is 6.29. The molecule has 0 fully saturated rings. The number of benzene rings is 1. The fraction of sp³-hybridized carbons (Fsp3) is 0.500. The number of hydrogen-bond donors (Lipinski definition) is 2. The van der Waals surface area contributed by atoms with Crippen LogP contribution in [0, 0.1) is 6.92 Å². The molecule has 3 N–H and O–H groups in total. The Bertz CT molecular complexity index is 500. The minimum atomic E-state index is -3.51. The Morgan fingerprint density at radius 1 is 1.44 bits per heavy atom. The molecule has 1 atom stereocenters. The summed E-state index contributed by atoms with van der Waals surface area (Å²) in [7, 11) is -1.97. The summed E-state index contributed by atoms with van der Waals surface area (Å²) in [4.78, 5) is 0.280. The maximum atomic E-state index is 12.1. The Morgan fingerprint density at radius 3 is 2.61 bits per heavy atom. The van der Waals surface area contributed by atoms with Crippen LogP contribution in [0.15, 0.2) is 23.1 Å². The molecule has 0 aliphatic rings. The average molecular weight is 272 g/mol. The second-order valence-electron chi connectivity index (χ2n) is 4.28.